The number of sulfonamides is 1. The van der Waals surface area contributed by atoms with Crippen LogP contribution in [0.15, 0.2) is 18.2 Å². The monoisotopic (exact) mass is 365 g/mol. The number of hydrogen-bond acceptors (Lipinski definition) is 2. The maximum absolute atomic E-state index is 12.2. The molecule has 1 aromatic rings. The van der Waals surface area contributed by atoms with Gasteiger partial charge in [-0.1, -0.05) is 13.8 Å². The number of nitrogens with zero attached hydrogens (tertiary/aromatic N) is 1. The van der Waals surface area contributed by atoms with E-state index in [9.17, 15) is 8.42 Å². The summed E-state index contributed by atoms with van der Waals surface area (Å²) < 4.78 is 27.2. The van der Waals surface area contributed by atoms with Crippen LogP contribution in [0.3, 0.4) is 0 Å². The van der Waals surface area contributed by atoms with Gasteiger partial charge in [0.1, 0.15) is 0 Å². The molecule has 17 heavy (non-hydrogen) atoms. The molecule has 0 radical (unpaired) electrons. The fraction of sp³-hybridized carbons (Fsp3) is 0.500. The highest BCUT2D eigenvalue weighted by atomic mass is 127. The Bertz CT molecular complexity index is 525. The van der Waals surface area contributed by atoms with Crippen molar-refractivity contribution < 1.29 is 8.42 Å². The van der Waals surface area contributed by atoms with Gasteiger partial charge in [-0.2, -0.15) is 0 Å². The van der Waals surface area contributed by atoms with Crippen molar-refractivity contribution in [2.75, 3.05) is 16.6 Å². The van der Waals surface area contributed by atoms with Gasteiger partial charge < -0.3 is 0 Å². The molecule has 0 unspecified atom stereocenters. The number of rotatable bonds is 3. The lowest BCUT2D eigenvalue weighted by molar-refractivity contribution is 0.578. The number of hydrogen-bond donors (Lipinski definition) is 0. The molecule has 0 saturated carbocycles. The van der Waals surface area contributed by atoms with E-state index >= 15 is 0 Å². The van der Waals surface area contributed by atoms with Gasteiger partial charge in [0.2, 0.25) is 10.0 Å². The van der Waals surface area contributed by atoms with Gasteiger partial charge in [-0.05, 0) is 58.7 Å². The third kappa shape index (κ3) is 2.76. The number of fused-ring (bicyclic) bond motifs is 1. The summed E-state index contributed by atoms with van der Waals surface area (Å²) in [6.07, 6.45) is 0.823. The lowest BCUT2D eigenvalue weighted by Gasteiger charge is -2.20. The van der Waals surface area contributed by atoms with Crippen LogP contribution < -0.4 is 4.31 Å². The molecule has 0 fully saturated rings. The molecule has 1 aliphatic rings. The Labute approximate surface area is 116 Å². The molecule has 1 heterocycles. The summed E-state index contributed by atoms with van der Waals surface area (Å²) in [4.78, 5) is 0. The van der Waals surface area contributed by atoms with Gasteiger partial charge in [-0.15, -0.1) is 0 Å². The summed E-state index contributed by atoms with van der Waals surface area (Å²) in [6.45, 7) is 4.45. The Kier molecular flexibility index (Phi) is 3.68. The Morgan fingerprint density at radius 1 is 1.41 bits per heavy atom. The summed E-state index contributed by atoms with van der Waals surface area (Å²) in [5.74, 6) is 0.381. The van der Waals surface area contributed by atoms with Gasteiger partial charge in [-0.25, -0.2) is 8.42 Å². The minimum Gasteiger partial charge on any atom is -0.270 e. The van der Waals surface area contributed by atoms with E-state index in [-0.39, 0.29) is 11.7 Å². The van der Waals surface area contributed by atoms with Gasteiger partial charge >= 0.3 is 0 Å². The Balaban J connectivity index is 2.34. The van der Waals surface area contributed by atoms with Crippen molar-refractivity contribution in [3.8, 4) is 0 Å². The second-order valence-electron chi connectivity index (χ2n) is 4.77. The molecule has 0 bridgehead atoms. The smallest absolute Gasteiger partial charge is 0.235 e. The van der Waals surface area contributed by atoms with E-state index in [1.807, 2.05) is 26.0 Å². The van der Waals surface area contributed by atoms with Gasteiger partial charge in [0, 0.05) is 10.1 Å². The molecular formula is C12H16INO2S. The third-order valence-corrected chi connectivity index (χ3v) is 5.58. The zero-order chi connectivity index (χ0) is 12.6. The van der Waals surface area contributed by atoms with E-state index in [1.54, 1.807) is 4.31 Å². The van der Waals surface area contributed by atoms with Crippen molar-refractivity contribution in [1.82, 2.24) is 0 Å². The molecule has 5 heteroatoms. The molecule has 1 aliphatic heterocycles. The lowest BCUT2D eigenvalue weighted by atomic mass is 10.2. The molecule has 0 aliphatic carbocycles. The second-order valence-corrected chi connectivity index (χ2v) is 7.95. The van der Waals surface area contributed by atoms with Crippen LogP contribution in [0.2, 0.25) is 0 Å². The highest BCUT2D eigenvalue weighted by Gasteiger charge is 2.29. The molecule has 0 atom stereocenters. The Morgan fingerprint density at radius 3 is 2.76 bits per heavy atom. The van der Waals surface area contributed by atoms with Crippen LogP contribution in [0.25, 0.3) is 0 Å². The predicted molar refractivity (Wildman–Crippen MR) is 78.8 cm³/mol. The van der Waals surface area contributed by atoms with Crippen LogP contribution in [-0.4, -0.2) is 20.7 Å². The van der Waals surface area contributed by atoms with E-state index < -0.39 is 10.0 Å². The quantitative estimate of drug-likeness (QED) is 0.773. The highest BCUT2D eigenvalue weighted by molar-refractivity contribution is 14.1. The zero-order valence-electron chi connectivity index (χ0n) is 9.98. The minimum atomic E-state index is -3.15. The number of benzene rings is 1. The number of halogens is 1. The first-order valence-electron chi connectivity index (χ1n) is 5.69. The van der Waals surface area contributed by atoms with Crippen LogP contribution in [0.1, 0.15) is 19.4 Å². The molecule has 1 aromatic carbocycles. The summed E-state index contributed by atoms with van der Waals surface area (Å²) in [6, 6.07) is 5.95. The first-order chi connectivity index (χ1) is 7.90. The van der Waals surface area contributed by atoms with Crippen LogP contribution in [-0.2, 0) is 16.4 Å². The lowest BCUT2D eigenvalue weighted by Crippen LogP contribution is -2.32. The summed E-state index contributed by atoms with van der Waals surface area (Å²) in [5, 5.41) is 0. The van der Waals surface area contributed by atoms with Crippen molar-refractivity contribution in [3.63, 3.8) is 0 Å². The van der Waals surface area contributed by atoms with E-state index in [2.05, 4.69) is 28.7 Å². The van der Waals surface area contributed by atoms with Crippen molar-refractivity contribution in [3.05, 3.63) is 27.3 Å². The van der Waals surface area contributed by atoms with Crippen molar-refractivity contribution in [2.24, 2.45) is 5.92 Å². The van der Waals surface area contributed by atoms with E-state index in [0.717, 1.165) is 21.2 Å². The molecule has 94 valence electrons. The van der Waals surface area contributed by atoms with Crippen LogP contribution in [0, 0.1) is 9.49 Å². The molecule has 2 rings (SSSR count). The molecule has 0 spiro atoms. The summed E-state index contributed by atoms with van der Waals surface area (Å²) in [7, 11) is -3.15. The maximum atomic E-state index is 12.2. The van der Waals surface area contributed by atoms with Gasteiger partial charge in [0.25, 0.3) is 0 Å². The van der Waals surface area contributed by atoms with E-state index in [4.69, 9.17) is 0 Å². The largest absolute Gasteiger partial charge is 0.270 e. The molecular weight excluding hydrogens is 349 g/mol. The third-order valence-electron chi connectivity index (χ3n) is 2.77. The normalized spacial score (nSPS) is 15.4. The molecule has 0 aromatic heterocycles. The van der Waals surface area contributed by atoms with Crippen LogP contribution in [0.4, 0.5) is 5.69 Å². The Hall–Kier alpha value is -0.300. The topological polar surface area (TPSA) is 37.4 Å². The SMILES string of the molecule is CC(C)CS(=O)(=O)N1CCc2cc(I)ccc21. The molecule has 0 amide bonds. The van der Waals surface area contributed by atoms with Crippen molar-refractivity contribution >= 4 is 38.3 Å². The standard InChI is InChI=1S/C12H16INO2S/c1-9(2)8-17(15,16)14-6-5-10-7-11(13)3-4-12(10)14/h3-4,7,9H,5-6,8H2,1-2H3. The summed E-state index contributed by atoms with van der Waals surface area (Å²) >= 11 is 2.25. The second kappa shape index (κ2) is 4.76. The van der Waals surface area contributed by atoms with Crippen molar-refractivity contribution in [2.45, 2.75) is 20.3 Å². The molecule has 0 N–H and O–H groups in total. The maximum Gasteiger partial charge on any atom is 0.235 e. The van der Waals surface area contributed by atoms with Gasteiger partial charge in [0.15, 0.2) is 0 Å². The average molecular weight is 365 g/mol. The van der Waals surface area contributed by atoms with E-state index in [0.29, 0.717) is 6.54 Å². The zero-order valence-corrected chi connectivity index (χ0v) is 13.0. The molecule has 0 saturated heterocycles. The van der Waals surface area contributed by atoms with Gasteiger partial charge in [-0.3, -0.25) is 4.31 Å². The first-order valence-corrected chi connectivity index (χ1v) is 8.38. The summed E-state index contributed by atoms with van der Waals surface area (Å²) in [5.41, 5.74) is 2.01. The van der Waals surface area contributed by atoms with E-state index in [1.165, 1.54) is 0 Å². The fourth-order valence-electron chi connectivity index (χ4n) is 2.14. The average Bonchev–Trinajstić information content (AvgIpc) is 2.58. The fourth-order valence-corrected chi connectivity index (χ4v) is 4.57. The predicted octanol–water partition coefficient (Wildman–Crippen LogP) is 2.64. The van der Waals surface area contributed by atoms with Crippen molar-refractivity contribution in [1.29, 1.82) is 0 Å². The molecule has 3 nitrogen and oxygen atoms in total. The Morgan fingerprint density at radius 2 is 2.12 bits per heavy atom. The van der Waals surface area contributed by atoms with Crippen LogP contribution in [0.5, 0.6) is 0 Å². The number of anilines is 1. The first kappa shape index (κ1) is 13.1. The minimum absolute atomic E-state index is 0.160. The highest BCUT2D eigenvalue weighted by Crippen LogP contribution is 2.32. The van der Waals surface area contributed by atoms with Crippen LogP contribution >= 0.6 is 22.6 Å². The van der Waals surface area contributed by atoms with Gasteiger partial charge in [0.05, 0.1) is 11.4 Å².